The molecule has 0 fully saturated rings. The van der Waals surface area contributed by atoms with Gasteiger partial charge in [-0.05, 0) is 232 Å². The van der Waals surface area contributed by atoms with E-state index < -0.39 is 29.0 Å². The SMILES string of the molecule is [C-]#[N+]c1cc(-n2c3cc(-c4c(C)cc(C)cc4C)ccc3c3ccc(-c4c(C)cc(C)cc4C)cc32)c(-n2c3cc(-c4c(C)cc(C)cc4C)ccc3c3ccc(-c4c(C)cc(C)cc4C)cc32)cc1-c1ccc(C(F)(F)F)cc1C(F)(F)F. The van der Waals surface area contributed by atoms with E-state index in [1.807, 2.05) is 0 Å². The molecule has 0 aliphatic rings. The van der Waals surface area contributed by atoms with Crippen molar-refractivity contribution in [3.05, 3.63) is 241 Å². The maximum absolute atomic E-state index is 15.6. The molecule has 9 heteroatoms. The summed E-state index contributed by atoms with van der Waals surface area (Å²) < 4.78 is 94.6. The Kier molecular flexibility index (Phi) is 13.2. The lowest BCUT2D eigenvalue weighted by Gasteiger charge is -2.22. The van der Waals surface area contributed by atoms with Crippen LogP contribution in [0.3, 0.4) is 0 Å². The van der Waals surface area contributed by atoms with Gasteiger partial charge in [-0.3, -0.25) is 0 Å². The van der Waals surface area contributed by atoms with E-state index in [2.05, 4.69) is 218 Å². The van der Waals surface area contributed by atoms with Crippen molar-refractivity contribution in [2.75, 3.05) is 0 Å². The molecule has 418 valence electrons. The number of nitrogens with zero attached hydrogens (tertiary/aromatic N) is 3. The lowest BCUT2D eigenvalue weighted by molar-refractivity contribution is -0.142. The first-order chi connectivity index (χ1) is 39.8. The second kappa shape index (κ2) is 20.1. The summed E-state index contributed by atoms with van der Waals surface area (Å²) in [6, 6.07) is 47.8. The van der Waals surface area contributed by atoms with Crippen molar-refractivity contribution in [3.8, 4) is 67.0 Å². The molecular weight excluding hydrogens is 1060 g/mol. The highest BCUT2D eigenvalue weighted by Crippen LogP contribution is 2.50. The molecule has 0 atom stereocenters. The van der Waals surface area contributed by atoms with Gasteiger partial charge in [0.15, 0.2) is 5.69 Å². The Morgan fingerprint density at radius 3 is 0.893 bits per heavy atom. The van der Waals surface area contributed by atoms with Gasteiger partial charge in [0.1, 0.15) is 0 Å². The fourth-order valence-electron chi connectivity index (χ4n) is 14.1. The quantitative estimate of drug-likeness (QED) is 0.112. The van der Waals surface area contributed by atoms with E-state index in [1.165, 1.54) is 0 Å². The van der Waals surface area contributed by atoms with Crippen LogP contribution in [0.1, 0.15) is 77.9 Å². The monoisotopic (exact) mass is 1120 g/mol. The third kappa shape index (κ3) is 9.24. The highest BCUT2D eigenvalue weighted by atomic mass is 19.4. The molecule has 84 heavy (non-hydrogen) atoms. The summed E-state index contributed by atoms with van der Waals surface area (Å²) in [4.78, 5) is 4.01. The Hall–Kier alpha value is -9.13. The molecular formula is C75H61F6N3. The van der Waals surface area contributed by atoms with Gasteiger partial charge in [-0.25, -0.2) is 4.85 Å². The van der Waals surface area contributed by atoms with Crippen LogP contribution >= 0.6 is 0 Å². The highest BCUT2D eigenvalue weighted by Gasteiger charge is 2.39. The van der Waals surface area contributed by atoms with Gasteiger partial charge < -0.3 is 9.13 Å². The van der Waals surface area contributed by atoms with Crippen molar-refractivity contribution in [1.82, 2.24) is 9.13 Å². The number of aryl methyl sites for hydroxylation is 12. The van der Waals surface area contributed by atoms with Crippen LogP contribution in [-0.2, 0) is 12.4 Å². The van der Waals surface area contributed by atoms with E-state index in [0.717, 1.165) is 161 Å². The number of aromatic nitrogens is 2. The summed E-state index contributed by atoms with van der Waals surface area (Å²) in [5, 5.41) is 3.55. The summed E-state index contributed by atoms with van der Waals surface area (Å²) in [5.74, 6) is 0. The molecule has 0 bridgehead atoms. The number of hydrogen-bond donors (Lipinski definition) is 0. The van der Waals surface area contributed by atoms with E-state index in [4.69, 9.17) is 6.57 Å². The Bertz CT molecular complexity index is 4520. The van der Waals surface area contributed by atoms with Gasteiger partial charge in [0.25, 0.3) is 0 Å². The number of hydrogen-bond acceptors (Lipinski definition) is 0. The summed E-state index contributed by atoms with van der Waals surface area (Å²) in [7, 11) is 0. The molecule has 12 aromatic rings. The van der Waals surface area contributed by atoms with Crippen LogP contribution in [0.15, 0.2) is 152 Å². The smallest absolute Gasteiger partial charge is 0.308 e. The van der Waals surface area contributed by atoms with Gasteiger partial charge in [-0.15, -0.1) is 0 Å². The fraction of sp³-hybridized carbons (Fsp3) is 0.187. The lowest BCUT2D eigenvalue weighted by Crippen LogP contribution is -2.12. The molecule has 0 saturated heterocycles. The average Bonchev–Trinajstić information content (AvgIpc) is 2.36. The van der Waals surface area contributed by atoms with E-state index in [9.17, 15) is 13.2 Å². The molecule has 0 saturated carbocycles. The highest BCUT2D eigenvalue weighted by molar-refractivity contribution is 6.14. The third-order valence-corrected chi connectivity index (χ3v) is 17.0. The Morgan fingerprint density at radius 2 is 0.619 bits per heavy atom. The predicted octanol–water partition coefficient (Wildman–Crippen LogP) is 22.5. The number of benzene rings is 10. The maximum Gasteiger partial charge on any atom is 0.416 e. The Morgan fingerprint density at radius 1 is 0.321 bits per heavy atom. The van der Waals surface area contributed by atoms with Crippen molar-refractivity contribution in [1.29, 1.82) is 0 Å². The molecule has 0 N–H and O–H groups in total. The van der Waals surface area contributed by atoms with Crippen molar-refractivity contribution in [3.63, 3.8) is 0 Å². The first-order valence-corrected chi connectivity index (χ1v) is 28.1. The summed E-state index contributed by atoms with van der Waals surface area (Å²) in [6.45, 7) is 34.0. The normalized spacial score (nSPS) is 12.2. The van der Waals surface area contributed by atoms with Crippen molar-refractivity contribution >= 4 is 49.3 Å². The number of rotatable bonds is 7. The second-order valence-corrected chi connectivity index (χ2v) is 23.4. The standard InChI is InChI=1S/C75H61F6N3/c1-39-24-43(5)70(44(6)25-39)51-14-19-57-58-20-15-52(71-45(7)26-40(2)27-46(71)8)33-65(58)83(64(57)32-51)68-37-61(56-23-18-55(74(76,77)78)36-62(56)75(79,80)81)63(82-13)38-69(68)84-66-34-53(72-47(9)28-41(3)29-48(72)10)16-21-59(66)60-22-17-54(35-67(60)84)73-49(11)30-42(4)31-50(73)12/h14-38H,1-12H3. The van der Waals surface area contributed by atoms with E-state index in [-0.39, 0.29) is 17.3 Å². The number of halogens is 6. The molecule has 0 aliphatic carbocycles. The van der Waals surface area contributed by atoms with Crippen molar-refractivity contribution in [2.45, 2.75) is 95.4 Å². The van der Waals surface area contributed by atoms with Gasteiger partial charge in [0.05, 0.1) is 51.1 Å². The van der Waals surface area contributed by atoms with Crippen molar-refractivity contribution < 1.29 is 26.3 Å². The number of alkyl halides is 6. The molecule has 0 amide bonds. The van der Waals surface area contributed by atoms with Crippen LogP contribution < -0.4 is 0 Å². The lowest BCUT2D eigenvalue weighted by atomic mass is 9.92. The van der Waals surface area contributed by atoms with E-state index >= 15 is 13.2 Å². The van der Waals surface area contributed by atoms with E-state index in [1.54, 1.807) is 12.1 Å². The zero-order valence-electron chi connectivity index (χ0n) is 49.0. The van der Waals surface area contributed by atoms with Gasteiger partial charge in [0.2, 0.25) is 0 Å². The number of fused-ring (bicyclic) bond motifs is 6. The van der Waals surface area contributed by atoms with E-state index in [0.29, 0.717) is 17.4 Å². The second-order valence-electron chi connectivity index (χ2n) is 23.4. The molecule has 3 nitrogen and oxygen atoms in total. The van der Waals surface area contributed by atoms with Gasteiger partial charge >= 0.3 is 12.4 Å². The minimum atomic E-state index is -5.24. The van der Waals surface area contributed by atoms with Crippen molar-refractivity contribution in [2.24, 2.45) is 0 Å². The molecule has 0 unspecified atom stereocenters. The largest absolute Gasteiger partial charge is 0.416 e. The van der Waals surface area contributed by atoms with Gasteiger partial charge in [0, 0.05) is 21.5 Å². The average molecular weight is 1120 g/mol. The van der Waals surface area contributed by atoms with Gasteiger partial charge in [-0.1, -0.05) is 125 Å². The molecule has 0 spiro atoms. The van der Waals surface area contributed by atoms with Crippen LogP contribution in [0.4, 0.5) is 32.0 Å². The predicted molar refractivity (Wildman–Crippen MR) is 335 cm³/mol. The van der Waals surface area contributed by atoms with Crippen LogP contribution in [0, 0.1) is 89.7 Å². The first-order valence-electron chi connectivity index (χ1n) is 28.1. The van der Waals surface area contributed by atoms with Crippen LogP contribution in [0.5, 0.6) is 0 Å². The maximum atomic E-state index is 15.6. The van der Waals surface area contributed by atoms with Crippen LogP contribution in [0.2, 0.25) is 0 Å². The molecule has 12 rings (SSSR count). The molecule has 2 heterocycles. The van der Waals surface area contributed by atoms with Crippen LogP contribution in [0.25, 0.3) is 115 Å². The van der Waals surface area contributed by atoms with Crippen LogP contribution in [-0.4, -0.2) is 9.13 Å². The first kappa shape index (κ1) is 55.4. The molecule has 0 aliphatic heterocycles. The molecule has 0 radical (unpaired) electrons. The summed E-state index contributed by atoms with van der Waals surface area (Å²) in [6.07, 6.45) is -10.3. The topological polar surface area (TPSA) is 14.2 Å². The molecule has 10 aromatic carbocycles. The zero-order chi connectivity index (χ0) is 59.7. The third-order valence-electron chi connectivity index (χ3n) is 17.0. The van der Waals surface area contributed by atoms with Gasteiger partial charge in [-0.2, -0.15) is 26.3 Å². The zero-order valence-corrected chi connectivity index (χ0v) is 49.0. The minimum Gasteiger partial charge on any atom is -0.308 e. The summed E-state index contributed by atoms with van der Waals surface area (Å²) in [5.41, 5.74) is 21.2. The molecule has 2 aromatic heterocycles. The Balaban J connectivity index is 1.31. The minimum absolute atomic E-state index is 0.161. The summed E-state index contributed by atoms with van der Waals surface area (Å²) >= 11 is 0. The fourth-order valence-corrected chi connectivity index (χ4v) is 14.1. The Labute approximate surface area is 485 Å².